The van der Waals surface area contributed by atoms with Crippen LogP contribution in [0.25, 0.3) is 0 Å². The monoisotopic (exact) mass is 417 g/mol. The number of esters is 1. The number of nitrogens with one attached hydrogen (secondary N) is 2. The molecule has 154 valence electrons. The molecule has 2 aromatic rings. The molecule has 1 amide bonds. The van der Waals surface area contributed by atoms with Gasteiger partial charge in [-0.05, 0) is 55.3 Å². The summed E-state index contributed by atoms with van der Waals surface area (Å²) in [5, 5.41) is 5.64. The second-order valence-corrected chi connectivity index (χ2v) is 8.55. The fourth-order valence-electron chi connectivity index (χ4n) is 3.04. The molecule has 0 unspecified atom stereocenters. The fourth-order valence-corrected chi connectivity index (χ4v) is 4.60. The van der Waals surface area contributed by atoms with Crippen LogP contribution in [0.3, 0.4) is 0 Å². The Morgan fingerprint density at radius 2 is 1.72 bits per heavy atom. The first kappa shape index (κ1) is 20.8. The van der Waals surface area contributed by atoms with E-state index in [1.165, 1.54) is 23.5 Å². The Kier molecular flexibility index (Phi) is 6.50. The van der Waals surface area contributed by atoms with Gasteiger partial charge in [-0.3, -0.25) is 4.79 Å². The zero-order chi connectivity index (χ0) is 20.9. The molecule has 0 aromatic heterocycles. The second kappa shape index (κ2) is 9.06. The maximum absolute atomic E-state index is 12.6. The molecule has 0 saturated carbocycles. The molecule has 1 heterocycles. The number of carbonyl (C=O) groups is 2. The van der Waals surface area contributed by atoms with Gasteiger partial charge in [0.15, 0.2) is 0 Å². The maximum atomic E-state index is 12.6. The molecular formula is C20H23N3O5S. The van der Waals surface area contributed by atoms with Gasteiger partial charge in [-0.15, -0.1) is 0 Å². The normalized spacial score (nSPS) is 14.4. The summed E-state index contributed by atoms with van der Waals surface area (Å²) >= 11 is 0. The van der Waals surface area contributed by atoms with E-state index in [2.05, 4.69) is 15.4 Å². The minimum Gasteiger partial charge on any atom is -0.465 e. The molecule has 0 radical (unpaired) electrons. The molecule has 29 heavy (non-hydrogen) atoms. The number of hydrogen-bond donors (Lipinski definition) is 2. The van der Waals surface area contributed by atoms with Crippen LogP contribution in [-0.2, 0) is 19.6 Å². The lowest BCUT2D eigenvalue weighted by Crippen LogP contribution is -2.28. The molecule has 9 heteroatoms. The SMILES string of the molecule is COC(=O)c1ccc(NCC(=O)Nc2cccc(S(=O)(=O)N3CCCC3)c2)cc1. The number of ether oxygens (including phenoxy) is 1. The summed E-state index contributed by atoms with van der Waals surface area (Å²) < 4.78 is 31.4. The lowest BCUT2D eigenvalue weighted by Gasteiger charge is -2.16. The zero-order valence-electron chi connectivity index (χ0n) is 16.1. The van der Waals surface area contributed by atoms with E-state index < -0.39 is 16.0 Å². The lowest BCUT2D eigenvalue weighted by atomic mass is 10.2. The predicted molar refractivity (Wildman–Crippen MR) is 109 cm³/mol. The standard InChI is InChI=1S/C20H23N3O5S/c1-28-20(25)15-7-9-16(10-8-15)21-14-19(24)22-17-5-4-6-18(13-17)29(26,27)23-11-2-3-12-23/h4-10,13,21H,2-3,11-12,14H2,1H3,(H,22,24). The Balaban J connectivity index is 1.59. The number of nitrogens with zero attached hydrogens (tertiary/aromatic N) is 1. The minimum atomic E-state index is -3.54. The Labute approximate surface area is 169 Å². The number of sulfonamides is 1. The number of rotatable bonds is 7. The highest BCUT2D eigenvalue weighted by Crippen LogP contribution is 2.23. The second-order valence-electron chi connectivity index (χ2n) is 6.61. The highest BCUT2D eigenvalue weighted by molar-refractivity contribution is 7.89. The van der Waals surface area contributed by atoms with Crippen LogP contribution in [0, 0.1) is 0 Å². The Hall–Kier alpha value is -2.91. The molecule has 3 rings (SSSR count). The van der Waals surface area contributed by atoms with Crippen molar-refractivity contribution in [2.45, 2.75) is 17.7 Å². The van der Waals surface area contributed by atoms with Crippen LogP contribution < -0.4 is 10.6 Å². The van der Waals surface area contributed by atoms with Gasteiger partial charge in [-0.1, -0.05) is 6.07 Å². The van der Waals surface area contributed by atoms with Gasteiger partial charge in [-0.2, -0.15) is 4.31 Å². The third kappa shape index (κ3) is 5.12. The highest BCUT2D eigenvalue weighted by atomic mass is 32.2. The maximum Gasteiger partial charge on any atom is 0.337 e. The van der Waals surface area contributed by atoms with Crippen molar-refractivity contribution in [2.24, 2.45) is 0 Å². The smallest absolute Gasteiger partial charge is 0.337 e. The van der Waals surface area contributed by atoms with Gasteiger partial charge in [0.2, 0.25) is 15.9 Å². The van der Waals surface area contributed by atoms with Gasteiger partial charge < -0.3 is 15.4 Å². The van der Waals surface area contributed by atoms with Crippen LogP contribution in [0.15, 0.2) is 53.4 Å². The number of anilines is 2. The molecule has 2 aromatic carbocycles. The van der Waals surface area contributed by atoms with Crippen molar-refractivity contribution in [3.63, 3.8) is 0 Å². The van der Waals surface area contributed by atoms with Crippen molar-refractivity contribution in [3.8, 4) is 0 Å². The summed E-state index contributed by atoms with van der Waals surface area (Å²) in [5.74, 6) is -0.754. The molecule has 0 aliphatic carbocycles. The summed E-state index contributed by atoms with van der Waals surface area (Å²) in [4.78, 5) is 23.8. The first-order valence-electron chi connectivity index (χ1n) is 9.22. The average Bonchev–Trinajstić information content (AvgIpc) is 3.28. The average molecular weight is 417 g/mol. The lowest BCUT2D eigenvalue weighted by molar-refractivity contribution is -0.114. The molecule has 1 aliphatic rings. The quantitative estimate of drug-likeness (QED) is 0.670. The van der Waals surface area contributed by atoms with Crippen LogP contribution in [0.1, 0.15) is 23.2 Å². The Morgan fingerprint density at radius 3 is 2.38 bits per heavy atom. The number of benzene rings is 2. The van der Waals surface area contributed by atoms with Gasteiger partial charge >= 0.3 is 5.97 Å². The van der Waals surface area contributed by atoms with Crippen molar-refractivity contribution >= 4 is 33.3 Å². The molecule has 2 N–H and O–H groups in total. The van der Waals surface area contributed by atoms with Crippen LogP contribution in [-0.4, -0.2) is 51.3 Å². The summed E-state index contributed by atoms with van der Waals surface area (Å²) in [7, 11) is -2.23. The molecular weight excluding hydrogens is 394 g/mol. The fraction of sp³-hybridized carbons (Fsp3) is 0.300. The van der Waals surface area contributed by atoms with E-state index in [9.17, 15) is 18.0 Å². The number of amides is 1. The van der Waals surface area contributed by atoms with E-state index >= 15 is 0 Å². The molecule has 1 saturated heterocycles. The summed E-state index contributed by atoms with van der Waals surface area (Å²) in [6, 6.07) is 12.8. The molecule has 1 fully saturated rings. The first-order valence-corrected chi connectivity index (χ1v) is 10.7. The minimum absolute atomic E-state index is 0.0132. The van der Waals surface area contributed by atoms with Gasteiger partial charge in [0.1, 0.15) is 0 Å². The van der Waals surface area contributed by atoms with E-state index in [0.29, 0.717) is 30.0 Å². The summed E-state index contributed by atoms with van der Waals surface area (Å²) in [6.45, 7) is 1.04. The van der Waals surface area contributed by atoms with Gasteiger partial charge in [0, 0.05) is 24.5 Å². The van der Waals surface area contributed by atoms with Gasteiger partial charge in [-0.25, -0.2) is 13.2 Å². The molecule has 0 bridgehead atoms. The van der Waals surface area contributed by atoms with Gasteiger partial charge in [0.25, 0.3) is 0 Å². The van der Waals surface area contributed by atoms with Crippen molar-refractivity contribution in [3.05, 3.63) is 54.1 Å². The Bertz CT molecular complexity index is 983. The molecule has 0 spiro atoms. The summed E-state index contributed by atoms with van der Waals surface area (Å²) in [5.41, 5.74) is 1.50. The third-order valence-corrected chi connectivity index (χ3v) is 6.47. The predicted octanol–water partition coefficient (Wildman–Crippen LogP) is 2.31. The first-order chi connectivity index (χ1) is 13.9. The van der Waals surface area contributed by atoms with Crippen LogP contribution in [0.2, 0.25) is 0 Å². The van der Waals surface area contributed by atoms with E-state index in [1.807, 2.05) is 0 Å². The van der Waals surface area contributed by atoms with Crippen LogP contribution >= 0.6 is 0 Å². The van der Waals surface area contributed by atoms with Gasteiger partial charge in [0.05, 0.1) is 24.1 Å². The van der Waals surface area contributed by atoms with Crippen molar-refractivity contribution in [2.75, 3.05) is 37.4 Å². The summed E-state index contributed by atoms with van der Waals surface area (Å²) in [6.07, 6.45) is 1.73. The number of carbonyl (C=O) groups excluding carboxylic acids is 2. The van der Waals surface area contributed by atoms with Crippen molar-refractivity contribution in [1.82, 2.24) is 4.31 Å². The van der Waals surface area contributed by atoms with E-state index in [-0.39, 0.29) is 17.3 Å². The number of hydrogen-bond acceptors (Lipinski definition) is 6. The van der Waals surface area contributed by atoms with Crippen molar-refractivity contribution in [1.29, 1.82) is 0 Å². The largest absolute Gasteiger partial charge is 0.465 e. The highest BCUT2D eigenvalue weighted by Gasteiger charge is 2.27. The number of methoxy groups -OCH3 is 1. The Morgan fingerprint density at radius 1 is 1.03 bits per heavy atom. The molecule has 8 nitrogen and oxygen atoms in total. The van der Waals surface area contributed by atoms with E-state index in [0.717, 1.165) is 12.8 Å². The molecule has 1 aliphatic heterocycles. The van der Waals surface area contributed by atoms with Crippen LogP contribution in [0.4, 0.5) is 11.4 Å². The van der Waals surface area contributed by atoms with E-state index in [4.69, 9.17) is 0 Å². The van der Waals surface area contributed by atoms with Crippen molar-refractivity contribution < 1.29 is 22.7 Å². The zero-order valence-corrected chi connectivity index (χ0v) is 16.9. The topological polar surface area (TPSA) is 105 Å². The third-order valence-electron chi connectivity index (χ3n) is 4.58. The molecule has 0 atom stereocenters. The van der Waals surface area contributed by atoms with Crippen LogP contribution in [0.5, 0.6) is 0 Å². The van der Waals surface area contributed by atoms with E-state index in [1.54, 1.807) is 36.4 Å².